The SMILES string of the molecule is Cn1cnc2c(F)c(Nc3ccc(Br)cc3Cl)c(C(=O)NOC(C)(C)CO)cc21. The number of nitrogens with one attached hydrogen (secondary N) is 2. The van der Waals surface area contributed by atoms with Crippen LogP contribution in [-0.4, -0.2) is 32.8 Å². The zero-order chi connectivity index (χ0) is 21.3. The molecule has 0 fully saturated rings. The summed E-state index contributed by atoms with van der Waals surface area (Å²) >= 11 is 9.55. The van der Waals surface area contributed by atoms with Crippen LogP contribution in [0.15, 0.2) is 35.1 Å². The molecule has 0 saturated carbocycles. The molecule has 7 nitrogen and oxygen atoms in total. The van der Waals surface area contributed by atoms with Gasteiger partial charge in [-0.3, -0.25) is 9.63 Å². The van der Waals surface area contributed by atoms with Crippen LogP contribution in [0.5, 0.6) is 0 Å². The summed E-state index contributed by atoms with van der Waals surface area (Å²) in [5.74, 6) is -1.39. The first-order valence-electron chi connectivity index (χ1n) is 8.58. The number of nitrogens with zero attached hydrogens (tertiary/aromatic N) is 2. The zero-order valence-electron chi connectivity index (χ0n) is 15.9. The van der Waals surface area contributed by atoms with E-state index in [0.717, 1.165) is 4.47 Å². The second-order valence-electron chi connectivity index (χ2n) is 7.04. The Morgan fingerprint density at radius 3 is 2.79 bits per heavy atom. The molecule has 0 unspecified atom stereocenters. The molecule has 1 aromatic heterocycles. The van der Waals surface area contributed by atoms with Crippen molar-refractivity contribution in [2.24, 2.45) is 7.05 Å². The third-order valence-corrected chi connectivity index (χ3v) is 5.00. The Kier molecular flexibility index (Phi) is 6.13. The lowest BCUT2D eigenvalue weighted by Gasteiger charge is -2.22. The molecule has 3 aromatic rings. The molecule has 0 bridgehead atoms. The first kappa shape index (κ1) is 21.5. The Balaban J connectivity index is 2.07. The monoisotopic (exact) mass is 484 g/mol. The number of aliphatic hydroxyl groups excluding tert-OH is 1. The number of hydrogen-bond donors (Lipinski definition) is 3. The topological polar surface area (TPSA) is 88.4 Å². The molecule has 3 rings (SSSR count). The van der Waals surface area contributed by atoms with E-state index in [0.29, 0.717) is 16.2 Å². The standard InChI is InChI=1S/C19H19BrClFN4O3/c1-19(2,8-27)29-25-18(28)11-7-14-17(23-9-26(14)3)15(22)16(11)24-13-5-4-10(20)6-12(13)21/h4-7,9,24,27H,8H2,1-3H3,(H,25,28). The van der Waals surface area contributed by atoms with Crippen molar-refractivity contribution in [1.29, 1.82) is 0 Å². The highest BCUT2D eigenvalue weighted by molar-refractivity contribution is 9.10. The number of rotatable bonds is 6. The number of aryl methyl sites for hydroxylation is 1. The number of amides is 1. The number of fused-ring (bicyclic) bond motifs is 1. The molecule has 0 atom stereocenters. The molecule has 29 heavy (non-hydrogen) atoms. The van der Waals surface area contributed by atoms with Crippen molar-refractivity contribution >= 4 is 55.8 Å². The van der Waals surface area contributed by atoms with Gasteiger partial charge in [-0.1, -0.05) is 27.5 Å². The van der Waals surface area contributed by atoms with Gasteiger partial charge < -0.3 is 15.0 Å². The van der Waals surface area contributed by atoms with Crippen molar-refractivity contribution in [3.63, 3.8) is 0 Å². The van der Waals surface area contributed by atoms with Crippen LogP contribution in [0.4, 0.5) is 15.8 Å². The normalized spacial score (nSPS) is 11.7. The van der Waals surface area contributed by atoms with Gasteiger partial charge in [-0.25, -0.2) is 14.9 Å². The number of benzene rings is 2. The van der Waals surface area contributed by atoms with Gasteiger partial charge in [-0.05, 0) is 38.1 Å². The molecule has 1 amide bonds. The molecule has 1 heterocycles. The van der Waals surface area contributed by atoms with Crippen LogP contribution in [-0.2, 0) is 11.9 Å². The summed E-state index contributed by atoms with van der Waals surface area (Å²) in [4.78, 5) is 22.1. The van der Waals surface area contributed by atoms with Crippen molar-refractivity contribution in [1.82, 2.24) is 15.0 Å². The predicted octanol–water partition coefficient (Wildman–Crippen LogP) is 4.30. The number of halogens is 3. The zero-order valence-corrected chi connectivity index (χ0v) is 18.2. The molecule has 154 valence electrons. The van der Waals surface area contributed by atoms with Gasteiger partial charge in [-0.2, -0.15) is 0 Å². The fourth-order valence-electron chi connectivity index (χ4n) is 2.52. The van der Waals surface area contributed by atoms with Gasteiger partial charge in [0.2, 0.25) is 0 Å². The fourth-order valence-corrected chi connectivity index (χ4v) is 3.24. The van der Waals surface area contributed by atoms with E-state index in [1.165, 1.54) is 12.4 Å². The minimum absolute atomic E-state index is 0.00803. The molecular formula is C19H19BrClFN4O3. The molecule has 2 aromatic carbocycles. The molecule has 0 aliphatic rings. The molecule has 0 aliphatic heterocycles. The Morgan fingerprint density at radius 1 is 1.41 bits per heavy atom. The second-order valence-corrected chi connectivity index (χ2v) is 8.36. The molecule has 0 saturated heterocycles. The van der Waals surface area contributed by atoms with E-state index in [2.05, 4.69) is 31.7 Å². The summed E-state index contributed by atoms with van der Waals surface area (Å²) in [5.41, 5.74) is 2.11. The number of aliphatic hydroxyl groups is 1. The first-order chi connectivity index (χ1) is 13.6. The summed E-state index contributed by atoms with van der Waals surface area (Å²) in [6.45, 7) is 2.87. The van der Waals surface area contributed by atoms with Crippen LogP contribution in [0.25, 0.3) is 11.0 Å². The van der Waals surface area contributed by atoms with Gasteiger partial charge in [0.25, 0.3) is 5.91 Å². The highest BCUT2D eigenvalue weighted by Gasteiger charge is 2.24. The van der Waals surface area contributed by atoms with Gasteiger partial charge in [-0.15, -0.1) is 0 Å². The number of hydrogen-bond acceptors (Lipinski definition) is 5. The highest BCUT2D eigenvalue weighted by Crippen LogP contribution is 2.34. The van der Waals surface area contributed by atoms with E-state index in [9.17, 15) is 9.90 Å². The smallest absolute Gasteiger partial charge is 0.277 e. The van der Waals surface area contributed by atoms with Crippen LogP contribution in [0.3, 0.4) is 0 Å². The first-order valence-corrected chi connectivity index (χ1v) is 9.75. The van der Waals surface area contributed by atoms with Crippen LogP contribution in [0.1, 0.15) is 24.2 Å². The Bertz CT molecular complexity index is 1090. The summed E-state index contributed by atoms with van der Waals surface area (Å²) < 4.78 is 17.6. The molecular weight excluding hydrogens is 467 g/mol. The van der Waals surface area contributed by atoms with E-state index >= 15 is 4.39 Å². The highest BCUT2D eigenvalue weighted by atomic mass is 79.9. The van der Waals surface area contributed by atoms with Gasteiger partial charge in [0.15, 0.2) is 5.82 Å². The molecule has 3 N–H and O–H groups in total. The number of carbonyl (C=O) groups excluding carboxylic acids is 1. The Labute approximate surface area is 179 Å². The minimum Gasteiger partial charge on any atom is -0.393 e. The average molecular weight is 486 g/mol. The minimum atomic E-state index is -1.01. The summed E-state index contributed by atoms with van der Waals surface area (Å²) in [7, 11) is 1.69. The van der Waals surface area contributed by atoms with E-state index in [4.69, 9.17) is 16.4 Å². The number of hydroxylamine groups is 1. The number of imidazole rings is 1. The maximum Gasteiger partial charge on any atom is 0.277 e. The van der Waals surface area contributed by atoms with Crippen LogP contribution in [0, 0.1) is 5.82 Å². The average Bonchev–Trinajstić information content (AvgIpc) is 3.05. The Morgan fingerprint density at radius 2 is 2.14 bits per heavy atom. The molecule has 10 heteroatoms. The van der Waals surface area contributed by atoms with Crippen molar-refractivity contribution in [2.45, 2.75) is 19.4 Å². The maximum atomic E-state index is 15.3. The van der Waals surface area contributed by atoms with Gasteiger partial charge in [0.05, 0.1) is 40.4 Å². The number of aromatic nitrogens is 2. The lowest BCUT2D eigenvalue weighted by molar-refractivity contribution is -0.0956. The van der Waals surface area contributed by atoms with Crippen molar-refractivity contribution in [3.05, 3.63) is 51.5 Å². The van der Waals surface area contributed by atoms with Gasteiger partial charge >= 0.3 is 0 Å². The van der Waals surface area contributed by atoms with E-state index in [1.807, 2.05) is 0 Å². The third kappa shape index (κ3) is 4.53. The van der Waals surface area contributed by atoms with Gasteiger partial charge in [0.1, 0.15) is 11.1 Å². The fraction of sp³-hybridized carbons (Fsp3) is 0.263. The number of carbonyl (C=O) groups is 1. The summed E-state index contributed by atoms with van der Waals surface area (Å²) in [6, 6.07) is 6.54. The van der Waals surface area contributed by atoms with Gasteiger partial charge in [0, 0.05) is 11.5 Å². The number of anilines is 2. The predicted molar refractivity (Wildman–Crippen MR) is 113 cm³/mol. The van der Waals surface area contributed by atoms with E-state index in [1.54, 1.807) is 43.7 Å². The van der Waals surface area contributed by atoms with Crippen molar-refractivity contribution in [3.8, 4) is 0 Å². The molecule has 0 radical (unpaired) electrons. The molecule has 0 spiro atoms. The maximum absolute atomic E-state index is 15.3. The summed E-state index contributed by atoms with van der Waals surface area (Å²) in [5, 5.41) is 12.5. The lowest BCUT2D eigenvalue weighted by atomic mass is 10.1. The van der Waals surface area contributed by atoms with Crippen LogP contribution < -0.4 is 10.8 Å². The lowest BCUT2D eigenvalue weighted by Crippen LogP contribution is -2.38. The van der Waals surface area contributed by atoms with E-state index in [-0.39, 0.29) is 23.4 Å². The van der Waals surface area contributed by atoms with Crippen molar-refractivity contribution in [2.75, 3.05) is 11.9 Å². The third-order valence-electron chi connectivity index (χ3n) is 4.20. The van der Waals surface area contributed by atoms with Crippen LogP contribution >= 0.6 is 27.5 Å². The second kappa shape index (κ2) is 8.27. The quantitative estimate of drug-likeness (QED) is 0.453. The molecule has 0 aliphatic carbocycles. The van der Waals surface area contributed by atoms with E-state index < -0.39 is 17.3 Å². The van der Waals surface area contributed by atoms with Crippen LogP contribution in [0.2, 0.25) is 5.02 Å². The largest absolute Gasteiger partial charge is 0.393 e. The summed E-state index contributed by atoms with van der Waals surface area (Å²) in [6.07, 6.45) is 1.46. The van der Waals surface area contributed by atoms with Crippen molar-refractivity contribution < 1.29 is 19.1 Å². The Hall–Kier alpha value is -2.20.